The molecule has 2 aliphatic heterocycles. The molecule has 2 heterocycles. The molecule has 0 radical (unpaired) electrons. The number of rotatable bonds is 2. The Balaban J connectivity index is 1.49. The molecule has 2 saturated heterocycles. The summed E-state index contributed by atoms with van der Waals surface area (Å²) >= 11 is 0. The van der Waals surface area contributed by atoms with Crippen molar-refractivity contribution in [3.05, 3.63) is 34.9 Å². The first-order valence-corrected chi connectivity index (χ1v) is 9.99. The Morgan fingerprint density at radius 3 is 2.23 bits per heavy atom. The Morgan fingerprint density at radius 2 is 1.69 bits per heavy atom. The van der Waals surface area contributed by atoms with Gasteiger partial charge in [0.1, 0.15) is 5.60 Å². The number of hydrogen-bond donors (Lipinski definition) is 0. The minimum Gasteiger partial charge on any atom is -0.444 e. The molecule has 1 aliphatic carbocycles. The van der Waals surface area contributed by atoms with E-state index in [1.807, 2.05) is 31.7 Å². The van der Waals surface area contributed by atoms with Crippen LogP contribution in [-0.2, 0) is 17.6 Å². The molecule has 3 aliphatic rings. The fourth-order valence-electron chi connectivity index (χ4n) is 4.79. The van der Waals surface area contributed by atoms with Gasteiger partial charge in [-0.1, -0.05) is 12.1 Å². The molecule has 4 nitrogen and oxygen atoms in total. The summed E-state index contributed by atoms with van der Waals surface area (Å²) in [4.78, 5) is 27.7. The lowest BCUT2D eigenvalue weighted by Crippen LogP contribution is -2.56. The second-order valence-electron chi connectivity index (χ2n) is 9.14. The Hall–Kier alpha value is -1.84. The highest BCUT2D eigenvalue weighted by molar-refractivity contribution is 5.98. The number of nitrogens with zero attached hydrogens (tertiary/aromatic N) is 1. The number of amides is 1. The molecule has 0 spiro atoms. The van der Waals surface area contributed by atoms with Gasteiger partial charge in [0, 0.05) is 23.6 Å². The van der Waals surface area contributed by atoms with Crippen LogP contribution in [0.1, 0.15) is 74.4 Å². The quantitative estimate of drug-likeness (QED) is 0.732. The zero-order valence-electron chi connectivity index (χ0n) is 16.1. The maximum Gasteiger partial charge on any atom is 0.410 e. The van der Waals surface area contributed by atoms with Gasteiger partial charge in [0.25, 0.3) is 0 Å². The minimum atomic E-state index is -0.482. The van der Waals surface area contributed by atoms with Crippen LogP contribution in [0.25, 0.3) is 0 Å². The van der Waals surface area contributed by atoms with Gasteiger partial charge in [-0.05, 0) is 82.9 Å². The number of ketones is 1. The molecule has 2 bridgehead atoms. The number of piperidine rings is 2. The lowest BCUT2D eigenvalue weighted by molar-refractivity contribution is -0.0260. The summed E-state index contributed by atoms with van der Waals surface area (Å²) in [5, 5.41) is 0. The summed E-state index contributed by atoms with van der Waals surface area (Å²) < 4.78 is 5.63. The van der Waals surface area contributed by atoms with Crippen LogP contribution in [0.15, 0.2) is 18.2 Å². The lowest BCUT2D eigenvalue weighted by atomic mass is 9.75. The highest BCUT2D eigenvalue weighted by atomic mass is 16.6. The van der Waals surface area contributed by atoms with E-state index in [1.165, 1.54) is 11.1 Å². The average Bonchev–Trinajstić information content (AvgIpc) is 2.52. The first kappa shape index (κ1) is 17.6. The number of hydrogen-bond acceptors (Lipinski definition) is 3. The third-order valence-electron chi connectivity index (χ3n) is 6.10. The van der Waals surface area contributed by atoms with E-state index in [0.29, 0.717) is 0 Å². The fraction of sp³-hybridized carbons (Fsp3) is 0.636. The molecule has 26 heavy (non-hydrogen) atoms. The monoisotopic (exact) mass is 355 g/mol. The molecule has 2 atom stereocenters. The van der Waals surface area contributed by atoms with E-state index in [2.05, 4.69) is 12.1 Å². The van der Waals surface area contributed by atoms with E-state index in [4.69, 9.17) is 4.74 Å². The molecule has 4 rings (SSSR count). The second-order valence-corrected chi connectivity index (χ2v) is 9.14. The van der Waals surface area contributed by atoms with Crippen LogP contribution in [0, 0.1) is 5.92 Å². The van der Waals surface area contributed by atoms with Gasteiger partial charge in [0.2, 0.25) is 0 Å². The van der Waals surface area contributed by atoms with E-state index in [0.717, 1.165) is 50.5 Å². The number of carbonyl (C=O) groups is 2. The highest BCUT2D eigenvalue weighted by Gasteiger charge is 2.44. The summed E-state index contributed by atoms with van der Waals surface area (Å²) in [6.45, 7) is 5.71. The SMILES string of the molecule is CC(C)(C)OC(=O)N1C2CCCC1CC(C(=O)c1ccc3c(c1)CC3)C2. The summed E-state index contributed by atoms with van der Waals surface area (Å²) in [5.41, 5.74) is 3.10. The molecule has 0 N–H and O–H groups in total. The van der Waals surface area contributed by atoms with Crippen molar-refractivity contribution in [2.75, 3.05) is 0 Å². The third kappa shape index (κ3) is 3.26. The van der Waals surface area contributed by atoms with Gasteiger partial charge in [-0.25, -0.2) is 4.79 Å². The van der Waals surface area contributed by atoms with Gasteiger partial charge in [-0.15, -0.1) is 0 Å². The molecule has 4 heteroatoms. The second kappa shape index (κ2) is 6.40. The standard InChI is InChI=1S/C22H29NO3/c1-22(2,3)26-21(25)23-18-5-4-6-19(23)13-17(12-18)20(24)16-10-8-14-7-9-15(14)11-16/h8,10-11,17-19H,4-7,9,12-13H2,1-3H3. The Bertz CT molecular complexity index is 719. The molecule has 1 aromatic carbocycles. The number of ether oxygens (including phenoxy) is 1. The first-order chi connectivity index (χ1) is 12.3. The van der Waals surface area contributed by atoms with Gasteiger partial charge < -0.3 is 9.64 Å². The zero-order valence-corrected chi connectivity index (χ0v) is 16.1. The van der Waals surface area contributed by atoms with Crippen molar-refractivity contribution in [3.63, 3.8) is 0 Å². The summed E-state index contributed by atoms with van der Waals surface area (Å²) in [7, 11) is 0. The Kier molecular flexibility index (Phi) is 4.32. The van der Waals surface area contributed by atoms with Crippen LogP contribution < -0.4 is 0 Å². The van der Waals surface area contributed by atoms with Crippen LogP contribution in [0.2, 0.25) is 0 Å². The molecule has 0 aromatic heterocycles. The predicted octanol–water partition coefficient (Wildman–Crippen LogP) is 4.54. The van der Waals surface area contributed by atoms with Crippen molar-refractivity contribution in [3.8, 4) is 0 Å². The van der Waals surface area contributed by atoms with E-state index < -0.39 is 5.60 Å². The van der Waals surface area contributed by atoms with E-state index >= 15 is 0 Å². The van der Waals surface area contributed by atoms with Gasteiger partial charge >= 0.3 is 6.09 Å². The summed E-state index contributed by atoms with van der Waals surface area (Å²) in [6, 6.07) is 6.48. The topological polar surface area (TPSA) is 46.6 Å². The summed E-state index contributed by atoms with van der Waals surface area (Å²) in [5.74, 6) is 0.294. The van der Waals surface area contributed by atoms with Crippen molar-refractivity contribution >= 4 is 11.9 Å². The molecular formula is C22H29NO3. The number of aryl methyl sites for hydroxylation is 2. The highest BCUT2D eigenvalue weighted by Crippen LogP contribution is 2.39. The van der Waals surface area contributed by atoms with Crippen molar-refractivity contribution in [1.29, 1.82) is 0 Å². The lowest BCUT2D eigenvalue weighted by Gasteiger charge is -2.48. The van der Waals surface area contributed by atoms with Crippen LogP contribution in [0.5, 0.6) is 0 Å². The zero-order chi connectivity index (χ0) is 18.5. The van der Waals surface area contributed by atoms with Crippen LogP contribution in [0.4, 0.5) is 4.79 Å². The average molecular weight is 355 g/mol. The minimum absolute atomic E-state index is 0.0297. The van der Waals surface area contributed by atoms with Crippen LogP contribution in [-0.4, -0.2) is 34.5 Å². The molecule has 2 unspecified atom stereocenters. The number of Topliss-reactive ketones (excluding diaryl/α,β-unsaturated/α-hetero) is 1. The molecule has 1 aromatic rings. The fourth-order valence-corrected chi connectivity index (χ4v) is 4.79. The maximum atomic E-state index is 13.1. The van der Waals surface area contributed by atoms with Crippen molar-refractivity contribution in [2.24, 2.45) is 5.92 Å². The number of benzene rings is 1. The first-order valence-electron chi connectivity index (χ1n) is 9.99. The smallest absolute Gasteiger partial charge is 0.410 e. The largest absolute Gasteiger partial charge is 0.444 e. The van der Waals surface area contributed by atoms with Gasteiger partial charge in [0.15, 0.2) is 5.78 Å². The third-order valence-corrected chi connectivity index (χ3v) is 6.10. The predicted molar refractivity (Wildman–Crippen MR) is 100 cm³/mol. The molecule has 2 fully saturated rings. The molecule has 0 saturated carbocycles. The van der Waals surface area contributed by atoms with E-state index in [9.17, 15) is 9.59 Å². The van der Waals surface area contributed by atoms with Gasteiger partial charge in [-0.3, -0.25) is 4.79 Å². The molecule has 140 valence electrons. The summed E-state index contributed by atoms with van der Waals surface area (Å²) in [6.07, 6.45) is 6.65. The van der Waals surface area contributed by atoms with Gasteiger partial charge in [-0.2, -0.15) is 0 Å². The van der Waals surface area contributed by atoms with Crippen LogP contribution >= 0.6 is 0 Å². The van der Waals surface area contributed by atoms with Crippen molar-refractivity contribution in [1.82, 2.24) is 4.90 Å². The Morgan fingerprint density at radius 1 is 1.04 bits per heavy atom. The molecular weight excluding hydrogens is 326 g/mol. The maximum absolute atomic E-state index is 13.1. The molecule has 1 amide bonds. The number of carbonyl (C=O) groups excluding carboxylic acids is 2. The number of fused-ring (bicyclic) bond motifs is 3. The van der Waals surface area contributed by atoms with Gasteiger partial charge in [0.05, 0.1) is 0 Å². The van der Waals surface area contributed by atoms with E-state index in [1.54, 1.807) is 0 Å². The van der Waals surface area contributed by atoms with E-state index in [-0.39, 0.29) is 29.9 Å². The van der Waals surface area contributed by atoms with Crippen molar-refractivity contribution < 1.29 is 14.3 Å². The van der Waals surface area contributed by atoms with Crippen LogP contribution in [0.3, 0.4) is 0 Å². The normalized spacial score (nSPS) is 27.3. The van der Waals surface area contributed by atoms with Crippen molar-refractivity contribution in [2.45, 2.75) is 83.4 Å². The Labute approximate surface area is 155 Å².